The van der Waals surface area contributed by atoms with Gasteiger partial charge in [0.15, 0.2) is 6.10 Å². The predicted octanol–water partition coefficient (Wildman–Crippen LogP) is 8.38. The molecule has 1 aliphatic rings. The summed E-state index contributed by atoms with van der Waals surface area (Å²) in [5.41, 5.74) is 0. The van der Waals surface area contributed by atoms with Gasteiger partial charge in [0, 0.05) is 12.8 Å². The Morgan fingerprint density at radius 1 is 0.449 bits per heavy atom. The molecule has 1 saturated carbocycles. The minimum Gasteiger partial charge on any atom is -0.462 e. The minimum absolute atomic E-state index is 0.0377. The maximum Gasteiger partial charge on any atom is 0.472 e. The zero-order valence-corrected chi connectivity index (χ0v) is 44.7. The number of esters is 2. The molecule has 8 atom stereocenters. The molecule has 4 unspecified atom stereocenters. The zero-order chi connectivity index (χ0) is 51.8. The van der Waals surface area contributed by atoms with E-state index in [1.807, 2.05) is 0 Å². The number of aliphatic hydroxyl groups excluding tert-OH is 2. The van der Waals surface area contributed by atoms with Crippen molar-refractivity contribution in [2.75, 3.05) is 19.0 Å². The van der Waals surface area contributed by atoms with Crippen LogP contribution in [0.4, 0.5) is 0 Å². The van der Waals surface area contributed by atoms with Crippen molar-refractivity contribution < 1.29 is 104 Å². The van der Waals surface area contributed by atoms with Crippen LogP contribution in [0.5, 0.6) is 0 Å². The van der Waals surface area contributed by atoms with E-state index in [4.69, 9.17) is 18.5 Å². The van der Waals surface area contributed by atoms with E-state index in [1.54, 1.807) is 0 Å². The van der Waals surface area contributed by atoms with E-state index >= 15 is 0 Å². The Labute approximate surface area is 413 Å². The van der Waals surface area contributed by atoms with Gasteiger partial charge in [0.25, 0.3) is 0 Å². The van der Waals surface area contributed by atoms with Gasteiger partial charge in [-0.1, -0.05) is 161 Å². The third kappa shape index (κ3) is 35.5. The molecule has 0 heterocycles. The van der Waals surface area contributed by atoms with Crippen molar-refractivity contribution in [1.29, 1.82) is 0 Å². The van der Waals surface area contributed by atoms with Gasteiger partial charge in [-0.05, 0) is 25.0 Å². The van der Waals surface area contributed by atoms with E-state index in [0.717, 1.165) is 70.0 Å². The number of rotatable bonds is 44. The van der Waals surface area contributed by atoms with Gasteiger partial charge in [0.05, 0.1) is 6.61 Å². The van der Waals surface area contributed by atoms with Crippen LogP contribution in [0.25, 0.3) is 0 Å². The number of phosphoric acid groups is 4. The predicted molar refractivity (Wildman–Crippen MR) is 258 cm³/mol. The van der Waals surface area contributed by atoms with Gasteiger partial charge in [-0.3, -0.25) is 32.2 Å². The molecule has 0 saturated heterocycles. The average molecular weight is 1100 g/mol. The van der Waals surface area contributed by atoms with Crippen molar-refractivity contribution in [3.05, 3.63) is 0 Å². The lowest BCUT2D eigenvalue weighted by Crippen LogP contribution is -2.65. The normalized spacial score (nSPS) is 21.5. The molecule has 0 aromatic rings. The molecule has 1 aliphatic carbocycles. The summed E-state index contributed by atoms with van der Waals surface area (Å²) in [6.07, 6.45) is 11.4. The number of phosphoric ester groups is 4. The molecular formula is C42H84O22P4S. The number of ether oxygens (including phenoxy) is 2. The number of carbonyl (C=O) groups is 2. The topological polar surface area (TPSA) is 349 Å². The molecule has 0 spiro atoms. The quantitative estimate of drug-likeness (QED) is 0.0118. The lowest BCUT2D eigenvalue weighted by molar-refractivity contribution is -0.209. The molecule has 1 rings (SSSR count). The molecule has 0 radical (unpaired) electrons. The zero-order valence-electron chi connectivity index (χ0n) is 40.2. The molecule has 27 heteroatoms. The van der Waals surface area contributed by atoms with Crippen molar-refractivity contribution in [2.45, 2.75) is 236 Å². The molecule has 0 bridgehead atoms. The second-order valence-electron chi connectivity index (χ2n) is 17.7. The molecular weight excluding hydrogens is 1010 g/mol. The fraction of sp³-hybridized carbons (Fsp3) is 0.952. The third-order valence-electron chi connectivity index (χ3n) is 11.5. The van der Waals surface area contributed by atoms with Crippen molar-refractivity contribution in [1.82, 2.24) is 0 Å². The molecule has 69 heavy (non-hydrogen) atoms. The van der Waals surface area contributed by atoms with Crippen molar-refractivity contribution in [3.63, 3.8) is 0 Å². The fourth-order valence-electron chi connectivity index (χ4n) is 7.89. The molecule has 1 fully saturated rings. The van der Waals surface area contributed by atoms with Gasteiger partial charge < -0.3 is 53.9 Å². The van der Waals surface area contributed by atoms with E-state index in [2.05, 4.69) is 33.1 Å². The minimum atomic E-state index is -5.79. The van der Waals surface area contributed by atoms with Crippen LogP contribution in [0.3, 0.4) is 0 Å². The largest absolute Gasteiger partial charge is 0.472 e. The van der Waals surface area contributed by atoms with Crippen LogP contribution in [-0.4, -0.2) is 118 Å². The highest BCUT2D eigenvalue weighted by molar-refractivity contribution is 7.80. The number of aliphatic hydroxyl groups is 2. The summed E-state index contributed by atoms with van der Waals surface area (Å²) in [4.78, 5) is 92.8. The highest BCUT2D eigenvalue weighted by atomic mass is 32.1. The summed E-state index contributed by atoms with van der Waals surface area (Å²) in [6.45, 7) is 0.552. The van der Waals surface area contributed by atoms with Crippen LogP contribution in [0.2, 0.25) is 0 Å². The molecule has 0 aromatic heterocycles. The van der Waals surface area contributed by atoms with Crippen molar-refractivity contribution >= 4 is 55.9 Å². The Morgan fingerprint density at radius 3 is 1.14 bits per heavy atom. The first-order chi connectivity index (χ1) is 32.5. The standard InChI is InChI=1S/C42H84O22P4S/c1-2-3-4-5-6-7-8-11-15-18-21-24-27-30-36(44)60-34(32-58-35(43)29-26-23-20-17-14-12-9-10-13-16-19-22-25-28-31-69)33-59-68(56,57)64-39-37(45)40(61-65(47,48)49)42(63-67(53,54)55)41(38(39)46)62-66(50,51)52/h34,37-42,45-46,69H,2-33H2,1H3,(H,56,57)(H2,47,48,49)(H2,50,51,52)(H2,53,54,55)/t34-,37+,38?,39?,40+,41-,42?/m1/s1. The number of carbonyl (C=O) groups excluding carboxylic acids is 2. The number of hydrogen-bond acceptors (Lipinski definition) is 16. The van der Waals surface area contributed by atoms with Crippen LogP contribution < -0.4 is 0 Å². The Morgan fingerprint density at radius 2 is 0.783 bits per heavy atom. The Balaban J connectivity index is 2.87. The van der Waals surface area contributed by atoms with Gasteiger partial charge in [0.2, 0.25) is 0 Å². The molecule has 410 valence electrons. The second-order valence-corrected chi connectivity index (χ2v) is 23.1. The molecule has 0 amide bonds. The number of hydrogen-bond donors (Lipinski definition) is 10. The highest BCUT2D eigenvalue weighted by Gasteiger charge is 2.59. The maximum atomic E-state index is 13.3. The van der Waals surface area contributed by atoms with Crippen molar-refractivity contribution in [3.8, 4) is 0 Å². The summed E-state index contributed by atoms with van der Waals surface area (Å²) in [5.74, 6) is -0.450. The third-order valence-corrected chi connectivity index (χ3v) is 14.3. The first-order valence-electron chi connectivity index (χ1n) is 24.7. The summed E-state index contributed by atoms with van der Waals surface area (Å²) in [6, 6.07) is 0. The summed E-state index contributed by atoms with van der Waals surface area (Å²) >= 11 is 4.24. The van der Waals surface area contributed by atoms with Gasteiger partial charge >= 0.3 is 43.2 Å². The summed E-state index contributed by atoms with van der Waals surface area (Å²) < 4.78 is 82.2. The van der Waals surface area contributed by atoms with Gasteiger partial charge in [0.1, 0.15) is 43.2 Å². The SMILES string of the molecule is CCCCCCCCCCCCCCCC(=O)O[C@H](COC(=O)CCCCCCCCCCCCCCCCS)COP(=O)(O)OC1C(O)[C@@H](OP(=O)(O)O)C(OP(=O)(O)O)[C@@H](OP(=O)(O)O)[C@H]1O. The van der Waals surface area contributed by atoms with Gasteiger partial charge in [-0.2, -0.15) is 12.6 Å². The van der Waals surface area contributed by atoms with Crippen molar-refractivity contribution in [2.24, 2.45) is 0 Å². The number of thiol groups is 1. The lowest BCUT2D eigenvalue weighted by Gasteiger charge is -2.45. The van der Waals surface area contributed by atoms with E-state index < -0.39 is 99.2 Å². The van der Waals surface area contributed by atoms with E-state index in [9.17, 15) is 72.3 Å². The lowest BCUT2D eigenvalue weighted by atomic mass is 9.85. The smallest absolute Gasteiger partial charge is 0.462 e. The van der Waals surface area contributed by atoms with Crippen LogP contribution in [0.1, 0.15) is 193 Å². The molecule has 0 aliphatic heterocycles. The summed E-state index contributed by atoms with van der Waals surface area (Å²) in [5, 5.41) is 21.8. The average Bonchev–Trinajstić information content (AvgIpc) is 3.25. The first kappa shape index (κ1) is 66.7. The van der Waals surface area contributed by atoms with Gasteiger partial charge in [-0.15, -0.1) is 0 Å². The molecule has 0 aromatic carbocycles. The van der Waals surface area contributed by atoms with Crippen LogP contribution in [0, 0.1) is 0 Å². The van der Waals surface area contributed by atoms with E-state index in [-0.39, 0.29) is 12.8 Å². The van der Waals surface area contributed by atoms with Crippen LogP contribution in [-0.2, 0) is 59.9 Å². The van der Waals surface area contributed by atoms with E-state index in [1.165, 1.54) is 96.3 Å². The Bertz CT molecular complexity index is 1530. The van der Waals surface area contributed by atoms with E-state index in [0.29, 0.717) is 12.8 Å². The fourth-order valence-corrected chi connectivity index (χ4v) is 10.8. The maximum absolute atomic E-state index is 13.3. The van der Waals surface area contributed by atoms with Crippen LogP contribution in [0.15, 0.2) is 0 Å². The Kier molecular flexibility index (Phi) is 36.1. The first-order valence-corrected chi connectivity index (χ1v) is 31.4. The highest BCUT2D eigenvalue weighted by Crippen LogP contribution is 2.53. The van der Waals surface area contributed by atoms with Gasteiger partial charge in [-0.25, -0.2) is 18.3 Å². The monoisotopic (exact) mass is 1100 g/mol. The van der Waals surface area contributed by atoms with Crippen LogP contribution >= 0.6 is 43.9 Å². The summed E-state index contributed by atoms with van der Waals surface area (Å²) in [7, 11) is -23.0. The Hall–Kier alpha value is -0.350. The molecule has 22 nitrogen and oxygen atoms in total. The molecule has 9 N–H and O–H groups in total. The number of unbranched alkanes of at least 4 members (excludes halogenated alkanes) is 25. The second kappa shape index (κ2) is 37.4.